The van der Waals surface area contributed by atoms with Gasteiger partial charge < -0.3 is 10.6 Å². The first-order chi connectivity index (χ1) is 9.58. The molecule has 0 saturated carbocycles. The second-order valence-electron chi connectivity index (χ2n) is 5.18. The molecular weight excluding hydrogens is 258 g/mol. The van der Waals surface area contributed by atoms with Crippen LogP contribution in [0, 0.1) is 16.0 Å². The minimum Gasteiger partial charge on any atom is -0.349 e. The largest absolute Gasteiger partial charge is 0.349 e. The van der Waals surface area contributed by atoms with Crippen molar-refractivity contribution in [2.75, 3.05) is 13.1 Å². The van der Waals surface area contributed by atoms with E-state index in [9.17, 15) is 14.9 Å². The van der Waals surface area contributed by atoms with Gasteiger partial charge in [0.05, 0.1) is 4.92 Å². The maximum Gasteiger partial charge on any atom is 0.270 e. The Hall–Kier alpha value is -1.95. The monoisotopic (exact) mass is 277 g/mol. The Morgan fingerprint density at radius 2 is 2.35 bits per heavy atom. The van der Waals surface area contributed by atoms with Crippen LogP contribution in [0.15, 0.2) is 24.3 Å². The summed E-state index contributed by atoms with van der Waals surface area (Å²) in [5.74, 6) is 0.151. The van der Waals surface area contributed by atoms with Gasteiger partial charge in [0.1, 0.15) is 0 Å². The van der Waals surface area contributed by atoms with Gasteiger partial charge in [0.25, 0.3) is 11.6 Å². The van der Waals surface area contributed by atoms with Crippen LogP contribution >= 0.6 is 0 Å². The minimum absolute atomic E-state index is 0.0505. The number of non-ortho nitro benzene ring substituents is 1. The third-order valence-corrected chi connectivity index (χ3v) is 3.72. The molecule has 0 aliphatic carbocycles. The zero-order valence-corrected chi connectivity index (χ0v) is 11.5. The smallest absolute Gasteiger partial charge is 0.270 e. The minimum atomic E-state index is -0.495. The van der Waals surface area contributed by atoms with Crippen molar-refractivity contribution in [3.63, 3.8) is 0 Å². The topological polar surface area (TPSA) is 84.3 Å². The van der Waals surface area contributed by atoms with Gasteiger partial charge >= 0.3 is 0 Å². The van der Waals surface area contributed by atoms with Crippen molar-refractivity contribution in [2.45, 2.75) is 25.8 Å². The van der Waals surface area contributed by atoms with E-state index in [4.69, 9.17) is 0 Å². The van der Waals surface area contributed by atoms with Crippen molar-refractivity contribution in [1.82, 2.24) is 10.6 Å². The van der Waals surface area contributed by atoms with Crippen molar-refractivity contribution in [2.24, 2.45) is 5.92 Å². The Morgan fingerprint density at radius 3 is 3.00 bits per heavy atom. The van der Waals surface area contributed by atoms with Crippen molar-refractivity contribution in [3.05, 3.63) is 39.9 Å². The van der Waals surface area contributed by atoms with E-state index in [2.05, 4.69) is 10.6 Å². The Labute approximate surface area is 117 Å². The third-order valence-electron chi connectivity index (χ3n) is 3.72. The van der Waals surface area contributed by atoms with Gasteiger partial charge in [-0.25, -0.2) is 0 Å². The average molecular weight is 277 g/mol. The number of rotatable bonds is 4. The van der Waals surface area contributed by atoms with Crippen LogP contribution in [0.1, 0.15) is 30.1 Å². The summed E-state index contributed by atoms with van der Waals surface area (Å²) < 4.78 is 0. The quantitative estimate of drug-likeness (QED) is 0.648. The molecule has 1 aromatic rings. The zero-order valence-electron chi connectivity index (χ0n) is 11.5. The first-order valence-corrected chi connectivity index (χ1v) is 6.84. The first-order valence-electron chi connectivity index (χ1n) is 6.84. The van der Waals surface area contributed by atoms with Crippen molar-refractivity contribution in [1.29, 1.82) is 0 Å². The molecule has 1 heterocycles. The number of nitrogens with zero attached hydrogens (tertiary/aromatic N) is 1. The SMILES string of the molecule is CC(NC(=O)c1cccc([N+](=O)[O-])c1)C1CCCNC1. The first kappa shape index (κ1) is 14.5. The molecule has 2 N–H and O–H groups in total. The second-order valence-corrected chi connectivity index (χ2v) is 5.18. The molecule has 2 atom stereocenters. The summed E-state index contributed by atoms with van der Waals surface area (Å²) in [6.45, 7) is 3.91. The van der Waals surface area contributed by atoms with Gasteiger partial charge in [-0.15, -0.1) is 0 Å². The highest BCUT2D eigenvalue weighted by Gasteiger charge is 2.22. The number of carbonyl (C=O) groups is 1. The lowest BCUT2D eigenvalue weighted by Crippen LogP contribution is -2.44. The maximum absolute atomic E-state index is 12.1. The number of amides is 1. The van der Waals surface area contributed by atoms with Gasteiger partial charge in [-0.3, -0.25) is 14.9 Å². The fourth-order valence-corrected chi connectivity index (χ4v) is 2.47. The molecule has 2 rings (SSSR count). The molecule has 1 aliphatic heterocycles. The van der Waals surface area contributed by atoms with E-state index >= 15 is 0 Å². The Balaban J connectivity index is 2.00. The van der Waals surface area contributed by atoms with Crippen molar-refractivity contribution < 1.29 is 9.72 Å². The lowest BCUT2D eigenvalue weighted by atomic mass is 9.92. The van der Waals surface area contributed by atoms with Gasteiger partial charge in [0.15, 0.2) is 0 Å². The molecule has 20 heavy (non-hydrogen) atoms. The number of hydrogen-bond donors (Lipinski definition) is 2. The highest BCUT2D eigenvalue weighted by Crippen LogP contribution is 2.16. The molecule has 1 saturated heterocycles. The molecule has 1 aromatic carbocycles. The van der Waals surface area contributed by atoms with Crippen LogP contribution in [-0.4, -0.2) is 30.0 Å². The molecule has 1 fully saturated rings. The van der Waals surface area contributed by atoms with Crippen LogP contribution < -0.4 is 10.6 Å². The fourth-order valence-electron chi connectivity index (χ4n) is 2.47. The molecule has 1 aliphatic rings. The fraction of sp³-hybridized carbons (Fsp3) is 0.500. The second kappa shape index (κ2) is 6.47. The number of nitrogens with one attached hydrogen (secondary N) is 2. The van der Waals surface area contributed by atoms with Crippen LogP contribution in [0.3, 0.4) is 0 Å². The van der Waals surface area contributed by atoms with Crippen molar-refractivity contribution in [3.8, 4) is 0 Å². The van der Waals surface area contributed by atoms with E-state index in [-0.39, 0.29) is 17.6 Å². The normalized spacial score (nSPS) is 20.1. The number of carbonyl (C=O) groups excluding carboxylic acids is 1. The lowest BCUT2D eigenvalue weighted by molar-refractivity contribution is -0.384. The molecule has 1 amide bonds. The number of hydrogen-bond acceptors (Lipinski definition) is 4. The van der Waals surface area contributed by atoms with Gasteiger partial charge in [-0.05, 0) is 44.8 Å². The summed E-state index contributed by atoms with van der Waals surface area (Å²) in [4.78, 5) is 22.3. The molecule has 0 spiro atoms. The van der Waals surface area contributed by atoms with Crippen LogP contribution in [-0.2, 0) is 0 Å². The summed E-state index contributed by atoms with van der Waals surface area (Å²) in [6.07, 6.45) is 2.20. The molecule has 6 heteroatoms. The molecule has 108 valence electrons. The number of benzene rings is 1. The van der Waals surface area contributed by atoms with E-state index in [0.717, 1.165) is 25.9 Å². The van der Waals surface area contributed by atoms with Crippen LogP contribution in [0.4, 0.5) is 5.69 Å². The predicted molar refractivity (Wildman–Crippen MR) is 75.6 cm³/mol. The summed E-state index contributed by atoms with van der Waals surface area (Å²) >= 11 is 0. The number of nitro benzene ring substituents is 1. The van der Waals surface area contributed by atoms with Crippen LogP contribution in [0.5, 0.6) is 0 Å². The summed E-state index contributed by atoms with van der Waals surface area (Å²) in [5, 5.41) is 17.0. The number of piperidine rings is 1. The Kier molecular flexibility index (Phi) is 4.68. The molecule has 0 bridgehead atoms. The van der Waals surface area contributed by atoms with Gasteiger partial charge in [0.2, 0.25) is 0 Å². The molecule has 0 aromatic heterocycles. The van der Waals surface area contributed by atoms with Crippen molar-refractivity contribution >= 4 is 11.6 Å². The highest BCUT2D eigenvalue weighted by molar-refractivity contribution is 5.94. The molecule has 6 nitrogen and oxygen atoms in total. The van der Waals surface area contributed by atoms with Gasteiger partial charge in [-0.2, -0.15) is 0 Å². The Bertz CT molecular complexity index is 498. The van der Waals surface area contributed by atoms with Gasteiger partial charge in [-0.1, -0.05) is 6.07 Å². The predicted octanol–water partition coefficient (Wildman–Crippen LogP) is 1.71. The summed E-state index contributed by atoms with van der Waals surface area (Å²) in [7, 11) is 0. The van der Waals surface area contributed by atoms with E-state index in [1.54, 1.807) is 6.07 Å². The number of nitro groups is 1. The summed E-state index contributed by atoms with van der Waals surface area (Å²) in [6, 6.07) is 5.86. The zero-order chi connectivity index (χ0) is 14.5. The standard InChI is InChI=1S/C14H19N3O3/c1-10(12-5-3-7-15-9-12)16-14(18)11-4-2-6-13(8-11)17(19)20/h2,4,6,8,10,12,15H,3,5,7,9H2,1H3,(H,16,18). The van der Waals surface area contributed by atoms with E-state index < -0.39 is 4.92 Å². The highest BCUT2D eigenvalue weighted by atomic mass is 16.6. The van der Waals surface area contributed by atoms with E-state index in [1.165, 1.54) is 18.2 Å². The van der Waals surface area contributed by atoms with E-state index in [1.807, 2.05) is 6.92 Å². The third kappa shape index (κ3) is 3.54. The van der Waals surface area contributed by atoms with Gasteiger partial charge in [0, 0.05) is 23.7 Å². The maximum atomic E-state index is 12.1. The lowest BCUT2D eigenvalue weighted by Gasteiger charge is -2.28. The summed E-state index contributed by atoms with van der Waals surface area (Å²) in [5.41, 5.74) is 0.263. The average Bonchev–Trinajstić information content (AvgIpc) is 2.48. The van der Waals surface area contributed by atoms with Crippen LogP contribution in [0.2, 0.25) is 0 Å². The molecule has 2 unspecified atom stereocenters. The molecular formula is C14H19N3O3. The molecule has 0 radical (unpaired) electrons. The Morgan fingerprint density at radius 1 is 1.55 bits per heavy atom. The van der Waals surface area contributed by atoms with E-state index in [0.29, 0.717) is 11.5 Å². The van der Waals surface area contributed by atoms with Crippen LogP contribution in [0.25, 0.3) is 0 Å².